The highest BCUT2D eigenvalue weighted by molar-refractivity contribution is 6.00. The van der Waals surface area contributed by atoms with Crippen molar-refractivity contribution in [2.24, 2.45) is 5.18 Å². The maximum absolute atomic E-state index is 11.8. The molecule has 8 heteroatoms. The van der Waals surface area contributed by atoms with E-state index in [-0.39, 0.29) is 17.1 Å². The van der Waals surface area contributed by atoms with E-state index in [1.54, 1.807) is 12.1 Å². The van der Waals surface area contributed by atoms with E-state index in [0.717, 1.165) is 0 Å². The summed E-state index contributed by atoms with van der Waals surface area (Å²) in [6.07, 6.45) is 0. The minimum absolute atomic E-state index is 0.125. The van der Waals surface area contributed by atoms with Gasteiger partial charge >= 0.3 is 6.03 Å². The van der Waals surface area contributed by atoms with Crippen LogP contribution in [0.5, 0.6) is 0 Å². The van der Waals surface area contributed by atoms with Crippen LogP contribution in [0.25, 0.3) is 0 Å². The van der Waals surface area contributed by atoms with Gasteiger partial charge in [0.15, 0.2) is 0 Å². The largest absolute Gasteiger partial charge is 0.323 e. The van der Waals surface area contributed by atoms with E-state index in [2.05, 4.69) is 15.8 Å². The molecule has 0 aliphatic rings. The van der Waals surface area contributed by atoms with Crippen LogP contribution in [-0.4, -0.2) is 11.0 Å². The summed E-state index contributed by atoms with van der Waals surface area (Å²) in [7, 11) is 0. The van der Waals surface area contributed by atoms with E-state index in [1.807, 2.05) is 0 Å². The summed E-state index contributed by atoms with van der Waals surface area (Å²) < 4.78 is 0. The molecule has 2 aromatic rings. The fourth-order valence-corrected chi connectivity index (χ4v) is 1.63. The first-order valence-electron chi connectivity index (χ1n) is 5.84. The highest BCUT2D eigenvalue weighted by Crippen LogP contribution is 2.19. The number of hydrogen-bond donors (Lipinski definition) is 2. The lowest BCUT2D eigenvalue weighted by molar-refractivity contribution is -0.384. The van der Waals surface area contributed by atoms with Gasteiger partial charge < -0.3 is 10.6 Å². The monoisotopic (exact) mass is 286 g/mol. The third-order valence-corrected chi connectivity index (χ3v) is 2.52. The van der Waals surface area contributed by atoms with Crippen LogP contribution >= 0.6 is 0 Å². The van der Waals surface area contributed by atoms with Crippen molar-refractivity contribution in [3.8, 4) is 0 Å². The van der Waals surface area contributed by atoms with E-state index < -0.39 is 11.0 Å². The molecule has 0 bridgehead atoms. The van der Waals surface area contributed by atoms with Crippen LogP contribution in [0.1, 0.15) is 0 Å². The average molecular weight is 286 g/mol. The van der Waals surface area contributed by atoms with Crippen molar-refractivity contribution in [1.29, 1.82) is 0 Å². The fraction of sp³-hybridized carbons (Fsp3) is 0. The SMILES string of the molecule is O=Nc1cccc(NC(=O)Nc2cccc([N+](=O)[O-])c2)c1. The number of urea groups is 1. The molecule has 0 aromatic heterocycles. The van der Waals surface area contributed by atoms with Gasteiger partial charge in [0.05, 0.1) is 4.92 Å². The van der Waals surface area contributed by atoms with Crippen LogP contribution in [-0.2, 0) is 0 Å². The molecule has 106 valence electrons. The molecule has 0 radical (unpaired) electrons. The molecule has 0 fully saturated rings. The van der Waals surface area contributed by atoms with E-state index in [0.29, 0.717) is 5.69 Å². The van der Waals surface area contributed by atoms with Gasteiger partial charge in [-0.25, -0.2) is 4.79 Å². The molecule has 0 saturated carbocycles. The number of benzene rings is 2. The number of anilines is 2. The number of rotatable bonds is 4. The van der Waals surface area contributed by atoms with Crippen molar-refractivity contribution >= 4 is 28.8 Å². The minimum Gasteiger partial charge on any atom is -0.308 e. The second-order valence-corrected chi connectivity index (χ2v) is 4.03. The Morgan fingerprint density at radius 3 is 2.29 bits per heavy atom. The second-order valence-electron chi connectivity index (χ2n) is 4.03. The molecule has 0 heterocycles. The van der Waals surface area contributed by atoms with Crippen molar-refractivity contribution in [1.82, 2.24) is 0 Å². The Morgan fingerprint density at radius 1 is 1.05 bits per heavy atom. The molecule has 2 amide bonds. The molecule has 0 atom stereocenters. The summed E-state index contributed by atoms with van der Waals surface area (Å²) in [5.74, 6) is 0. The number of nitro benzene ring substituents is 1. The van der Waals surface area contributed by atoms with Crippen LogP contribution in [0.4, 0.5) is 27.5 Å². The number of nitro groups is 1. The molecule has 2 N–H and O–H groups in total. The van der Waals surface area contributed by atoms with E-state index in [1.165, 1.54) is 36.4 Å². The molecule has 0 aliphatic carbocycles. The minimum atomic E-state index is -0.585. The van der Waals surface area contributed by atoms with Gasteiger partial charge in [0.2, 0.25) is 0 Å². The lowest BCUT2D eigenvalue weighted by Gasteiger charge is -2.07. The number of amides is 2. The maximum Gasteiger partial charge on any atom is 0.323 e. The van der Waals surface area contributed by atoms with Crippen molar-refractivity contribution in [3.05, 3.63) is 63.6 Å². The number of nitrogens with zero attached hydrogens (tertiary/aromatic N) is 2. The smallest absolute Gasteiger partial charge is 0.308 e. The first-order chi connectivity index (χ1) is 10.1. The van der Waals surface area contributed by atoms with Crippen LogP contribution in [0.15, 0.2) is 53.7 Å². The number of nitrogens with one attached hydrogen (secondary N) is 2. The molecular formula is C13H10N4O4. The van der Waals surface area contributed by atoms with Crippen molar-refractivity contribution in [2.45, 2.75) is 0 Å². The van der Waals surface area contributed by atoms with Crippen LogP contribution in [0, 0.1) is 15.0 Å². The number of carbonyl (C=O) groups is 1. The molecule has 0 aliphatic heterocycles. The van der Waals surface area contributed by atoms with Crippen molar-refractivity contribution in [3.63, 3.8) is 0 Å². The molecular weight excluding hydrogens is 276 g/mol. The zero-order valence-electron chi connectivity index (χ0n) is 10.6. The first kappa shape index (κ1) is 14.1. The van der Waals surface area contributed by atoms with Crippen molar-refractivity contribution in [2.75, 3.05) is 10.6 Å². The summed E-state index contributed by atoms with van der Waals surface area (Å²) in [4.78, 5) is 32.2. The molecule has 0 unspecified atom stereocenters. The predicted molar refractivity (Wildman–Crippen MR) is 77.6 cm³/mol. The summed E-state index contributed by atoms with van der Waals surface area (Å²) in [5, 5.41) is 18.3. The number of hydrogen-bond acceptors (Lipinski definition) is 5. The summed E-state index contributed by atoms with van der Waals surface area (Å²) in [6, 6.07) is 11.0. The number of non-ortho nitro benzene ring substituents is 1. The summed E-state index contributed by atoms with van der Waals surface area (Å²) in [6.45, 7) is 0. The average Bonchev–Trinajstić information content (AvgIpc) is 2.47. The number of nitroso groups, excluding NO2 is 1. The van der Waals surface area contributed by atoms with Crippen LogP contribution in [0.3, 0.4) is 0 Å². The third kappa shape index (κ3) is 3.83. The zero-order valence-corrected chi connectivity index (χ0v) is 10.6. The quantitative estimate of drug-likeness (QED) is 0.507. The molecule has 0 saturated heterocycles. The Bertz CT molecular complexity index is 702. The van der Waals surface area contributed by atoms with Crippen LogP contribution < -0.4 is 10.6 Å². The van der Waals surface area contributed by atoms with Gasteiger partial charge in [-0.3, -0.25) is 10.1 Å². The van der Waals surface area contributed by atoms with E-state index in [4.69, 9.17) is 0 Å². The van der Waals surface area contributed by atoms with E-state index >= 15 is 0 Å². The Hall–Kier alpha value is -3.29. The first-order valence-corrected chi connectivity index (χ1v) is 5.84. The van der Waals surface area contributed by atoms with Gasteiger partial charge in [-0.2, -0.15) is 0 Å². The molecule has 0 spiro atoms. The van der Waals surface area contributed by atoms with Gasteiger partial charge in [-0.15, -0.1) is 4.91 Å². The van der Waals surface area contributed by atoms with Gasteiger partial charge in [-0.05, 0) is 29.4 Å². The molecule has 2 aromatic carbocycles. The van der Waals surface area contributed by atoms with Gasteiger partial charge in [-0.1, -0.05) is 12.1 Å². The summed E-state index contributed by atoms with van der Waals surface area (Å²) in [5.41, 5.74) is 0.726. The Morgan fingerprint density at radius 2 is 1.67 bits per heavy atom. The highest BCUT2D eigenvalue weighted by atomic mass is 16.6. The molecule has 21 heavy (non-hydrogen) atoms. The standard InChI is InChI=1S/C13H10N4O4/c18-13(14-9-3-1-5-11(7-9)16-19)15-10-4-2-6-12(8-10)17(20)21/h1-8H,(H2,14,15,18). The Labute approximate surface area is 118 Å². The lowest BCUT2D eigenvalue weighted by Crippen LogP contribution is -2.19. The molecule has 8 nitrogen and oxygen atoms in total. The predicted octanol–water partition coefficient (Wildman–Crippen LogP) is 3.64. The fourth-order valence-electron chi connectivity index (χ4n) is 1.63. The Kier molecular flexibility index (Phi) is 4.20. The maximum atomic E-state index is 11.8. The summed E-state index contributed by atoms with van der Waals surface area (Å²) >= 11 is 0. The van der Waals surface area contributed by atoms with Crippen LogP contribution in [0.2, 0.25) is 0 Å². The van der Waals surface area contributed by atoms with Gasteiger partial charge in [0, 0.05) is 23.5 Å². The molecule has 2 rings (SSSR count). The third-order valence-electron chi connectivity index (χ3n) is 2.52. The highest BCUT2D eigenvalue weighted by Gasteiger charge is 2.08. The lowest BCUT2D eigenvalue weighted by atomic mass is 10.3. The van der Waals surface area contributed by atoms with Crippen molar-refractivity contribution < 1.29 is 9.72 Å². The second kappa shape index (κ2) is 6.24. The van der Waals surface area contributed by atoms with Gasteiger partial charge in [0.25, 0.3) is 5.69 Å². The van der Waals surface area contributed by atoms with Gasteiger partial charge in [0.1, 0.15) is 5.69 Å². The normalized spacial score (nSPS) is 9.71. The van der Waals surface area contributed by atoms with E-state index in [9.17, 15) is 19.8 Å². The number of carbonyl (C=O) groups excluding carboxylic acids is 1. The zero-order chi connectivity index (χ0) is 15.2. The topological polar surface area (TPSA) is 114 Å². The Balaban J connectivity index is 2.06.